The number of hydrogen-bond donors (Lipinski definition) is 0. The normalized spacial score (nSPS) is 15.0. The van der Waals surface area contributed by atoms with Crippen LogP contribution in [0.4, 0.5) is 14.5 Å². The molecule has 0 saturated carbocycles. The van der Waals surface area contributed by atoms with E-state index in [0.717, 1.165) is 5.56 Å². The lowest BCUT2D eigenvalue weighted by Gasteiger charge is -2.18. The van der Waals surface area contributed by atoms with Gasteiger partial charge in [0.15, 0.2) is 0 Å². The van der Waals surface area contributed by atoms with Gasteiger partial charge in [-0.05, 0) is 72.3 Å². The van der Waals surface area contributed by atoms with Gasteiger partial charge in [-0.25, -0.2) is 13.8 Å². The highest BCUT2D eigenvalue weighted by Crippen LogP contribution is 2.28. The van der Waals surface area contributed by atoms with Crippen molar-refractivity contribution >= 4 is 23.5 Å². The van der Waals surface area contributed by atoms with Crippen LogP contribution >= 0.6 is 0 Å². The van der Waals surface area contributed by atoms with Gasteiger partial charge in [-0.15, -0.1) is 0 Å². The van der Waals surface area contributed by atoms with E-state index in [9.17, 15) is 13.6 Å². The molecule has 29 heavy (non-hydrogen) atoms. The van der Waals surface area contributed by atoms with Crippen molar-refractivity contribution in [3.63, 3.8) is 0 Å². The van der Waals surface area contributed by atoms with Gasteiger partial charge in [0.2, 0.25) is 0 Å². The average molecular weight is 390 g/mol. The number of amidine groups is 1. The molecule has 3 aromatic carbocycles. The summed E-state index contributed by atoms with van der Waals surface area (Å²) >= 11 is 0. The van der Waals surface area contributed by atoms with Crippen molar-refractivity contribution in [2.45, 2.75) is 0 Å². The van der Waals surface area contributed by atoms with Gasteiger partial charge in [-0.1, -0.05) is 12.1 Å². The molecule has 0 unspecified atom stereocenters. The molecule has 4 rings (SSSR count). The Morgan fingerprint density at radius 2 is 1.59 bits per heavy atom. The van der Waals surface area contributed by atoms with Crippen LogP contribution in [0.2, 0.25) is 0 Å². The minimum Gasteiger partial charge on any atom is -0.497 e. The molecule has 0 fully saturated rings. The first-order valence-corrected chi connectivity index (χ1v) is 8.85. The molecule has 144 valence electrons. The van der Waals surface area contributed by atoms with Gasteiger partial charge in [0.25, 0.3) is 5.91 Å². The molecule has 0 radical (unpaired) electrons. The highest BCUT2D eigenvalue weighted by Gasteiger charge is 2.32. The predicted octanol–water partition coefficient (Wildman–Crippen LogP) is 4.81. The Kier molecular flexibility index (Phi) is 4.91. The Balaban J connectivity index is 1.81. The highest BCUT2D eigenvalue weighted by atomic mass is 19.1. The van der Waals surface area contributed by atoms with Crippen LogP contribution in [0.5, 0.6) is 5.75 Å². The summed E-state index contributed by atoms with van der Waals surface area (Å²) in [7, 11) is 1.56. The van der Waals surface area contributed by atoms with E-state index in [4.69, 9.17) is 4.74 Å². The lowest BCUT2D eigenvalue weighted by atomic mass is 10.1. The second-order valence-corrected chi connectivity index (χ2v) is 6.37. The van der Waals surface area contributed by atoms with Crippen LogP contribution in [-0.2, 0) is 4.79 Å². The molecule has 1 amide bonds. The molecule has 6 heteroatoms. The summed E-state index contributed by atoms with van der Waals surface area (Å²) in [4.78, 5) is 19.0. The van der Waals surface area contributed by atoms with Crippen LogP contribution in [0, 0.1) is 11.6 Å². The van der Waals surface area contributed by atoms with Gasteiger partial charge in [-0.3, -0.25) is 9.69 Å². The fourth-order valence-electron chi connectivity index (χ4n) is 3.03. The van der Waals surface area contributed by atoms with Gasteiger partial charge < -0.3 is 4.74 Å². The van der Waals surface area contributed by atoms with Crippen LogP contribution in [0.1, 0.15) is 11.1 Å². The maximum absolute atomic E-state index is 13.4. The Morgan fingerprint density at radius 1 is 0.931 bits per heavy atom. The average Bonchev–Trinajstić information content (AvgIpc) is 3.05. The van der Waals surface area contributed by atoms with E-state index in [2.05, 4.69) is 4.99 Å². The number of halogens is 2. The zero-order valence-corrected chi connectivity index (χ0v) is 15.5. The molecule has 1 aliphatic rings. The van der Waals surface area contributed by atoms with Crippen LogP contribution in [-0.4, -0.2) is 18.9 Å². The monoisotopic (exact) mass is 390 g/mol. The zero-order chi connectivity index (χ0) is 20.4. The number of carbonyl (C=O) groups is 1. The van der Waals surface area contributed by atoms with Gasteiger partial charge >= 0.3 is 0 Å². The molecule has 1 aliphatic heterocycles. The largest absolute Gasteiger partial charge is 0.497 e. The molecule has 0 bridgehead atoms. The lowest BCUT2D eigenvalue weighted by molar-refractivity contribution is -0.113. The number of hydrogen-bond acceptors (Lipinski definition) is 3. The fraction of sp³-hybridized carbons (Fsp3) is 0.0435. The molecule has 0 aliphatic carbocycles. The predicted molar refractivity (Wildman–Crippen MR) is 108 cm³/mol. The third kappa shape index (κ3) is 3.78. The Hall–Kier alpha value is -3.80. The third-order valence-corrected chi connectivity index (χ3v) is 4.44. The first-order valence-electron chi connectivity index (χ1n) is 8.85. The van der Waals surface area contributed by atoms with Gasteiger partial charge in [-0.2, -0.15) is 0 Å². The van der Waals surface area contributed by atoms with E-state index >= 15 is 0 Å². The summed E-state index contributed by atoms with van der Waals surface area (Å²) in [5.74, 6) is -0.163. The first kappa shape index (κ1) is 18.6. The van der Waals surface area contributed by atoms with Crippen molar-refractivity contribution in [2.24, 2.45) is 4.99 Å². The smallest absolute Gasteiger partial charge is 0.282 e. The molecule has 0 N–H and O–H groups in total. The molecular formula is C23H16F2N2O2. The van der Waals surface area contributed by atoms with Crippen molar-refractivity contribution in [3.05, 3.63) is 101 Å². The summed E-state index contributed by atoms with van der Waals surface area (Å²) in [6.45, 7) is 0. The highest BCUT2D eigenvalue weighted by molar-refractivity contribution is 6.33. The van der Waals surface area contributed by atoms with E-state index in [1.165, 1.54) is 41.3 Å². The molecule has 1 heterocycles. The number of amides is 1. The summed E-state index contributed by atoms with van der Waals surface area (Å²) in [5, 5.41) is 0. The van der Waals surface area contributed by atoms with E-state index in [1.54, 1.807) is 37.5 Å². The number of benzene rings is 3. The number of carbonyl (C=O) groups excluding carboxylic acids is 1. The number of nitrogens with zero attached hydrogens (tertiary/aromatic N) is 2. The van der Waals surface area contributed by atoms with E-state index < -0.39 is 5.82 Å². The summed E-state index contributed by atoms with van der Waals surface area (Å²) in [6.07, 6.45) is 1.65. The SMILES string of the molecule is COc1cccc(/C=C2/N=C(c3ccc(F)cc3)N(c3ccc(F)cc3)C2=O)c1. The summed E-state index contributed by atoms with van der Waals surface area (Å²) in [6, 6.07) is 18.5. The maximum Gasteiger partial charge on any atom is 0.282 e. The van der Waals surface area contributed by atoms with Crippen molar-refractivity contribution in [2.75, 3.05) is 12.0 Å². The number of anilines is 1. The van der Waals surface area contributed by atoms with Crippen LogP contribution < -0.4 is 9.64 Å². The summed E-state index contributed by atoms with van der Waals surface area (Å²) in [5.41, 5.74) is 1.99. The number of methoxy groups -OCH3 is 1. The Bertz CT molecular complexity index is 1120. The zero-order valence-electron chi connectivity index (χ0n) is 15.5. The van der Waals surface area contributed by atoms with Gasteiger partial charge in [0.1, 0.15) is 28.9 Å². The van der Waals surface area contributed by atoms with E-state index in [0.29, 0.717) is 22.8 Å². The van der Waals surface area contributed by atoms with E-state index in [-0.39, 0.29) is 17.4 Å². The number of rotatable bonds is 4. The van der Waals surface area contributed by atoms with Crippen molar-refractivity contribution in [3.8, 4) is 5.75 Å². The van der Waals surface area contributed by atoms with E-state index in [1.807, 2.05) is 12.1 Å². The minimum absolute atomic E-state index is 0.210. The first-order chi connectivity index (χ1) is 14.0. The third-order valence-electron chi connectivity index (χ3n) is 4.44. The second-order valence-electron chi connectivity index (χ2n) is 6.37. The second kappa shape index (κ2) is 7.67. The lowest BCUT2D eigenvalue weighted by Crippen LogP contribution is -2.32. The Labute approximate surface area is 166 Å². The maximum atomic E-state index is 13.4. The standard InChI is InChI=1S/C23H16F2N2O2/c1-29-20-4-2-3-15(13-20)14-21-23(28)27(19-11-9-18(25)10-12-19)22(26-21)16-5-7-17(24)8-6-16/h2-14H,1H3/b21-14+. The van der Waals surface area contributed by atoms with Crippen LogP contribution in [0.25, 0.3) is 6.08 Å². The number of aliphatic imine (C=N–C) groups is 1. The fourth-order valence-corrected chi connectivity index (χ4v) is 3.03. The quantitative estimate of drug-likeness (QED) is 0.600. The van der Waals surface area contributed by atoms with Crippen LogP contribution in [0.15, 0.2) is 83.5 Å². The molecular weight excluding hydrogens is 374 g/mol. The Morgan fingerprint density at radius 3 is 2.24 bits per heavy atom. The molecule has 0 saturated heterocycles. The molecule has 0 aromatic heterocycles. The van der Waals surface area contributed by atoms with Gasteiger partial charge in [0, 0.05) is 5.56 Å². The van der Waals surface area contributed by atoms with Crippen molar-refractivity contribution in [1.29, 1.82) is 0 Å². The molecule has 4 nitrogen and oxygen atoms in total. The molecule has 0 atom stereocenters. The minimum atomic E-state index is -0.409. The molecule has 3 aromatic rings. The number of ether oxygens (including phenoxy) is 1. The topological polar surface area (TPSA) is 41.9 Å². The van der Waals surface area contributed by atoms with Crippen molar-refractivity contribution < 1.29 is 18.3 Å². The summed E-state index contributed by atoms with van der Waals surface area (Å²) < 4.78 is 32.0. The molecule has 0 spiro atoms. The van der Waals surface area contributed by atoms with Gasteiger partial charge in [0.05, 0.1) is 12.8 Å². The van der Waals surface area contributed by atoms with Crippen LogP contribution in [0.3, 0.4) is 0 Å². The van der Waals surface area contributed by atoms with Crippen molar-refractivity contribution in [1.82, 2.24) is 0 Å².